The van der Waals surface area contributed by atoms with Gasteiger partial charge in [0, 0.05) is 15.7 Å². The van der Waals surface area contributed by atoms with E-state index in [-0.39, 0.29) is 11.3 Å². The zero-order valence-electron chi connectivity index (χ0n) is 15.0. The Morgan fingerprint density at radius 3 is 2.14 bits per heavy atom. The van der Waals surface area contributed by atoms with Gasteiger partial charge in [-0.05, 0) is 42.0 Å². The van der Waals surface area contributed by atoms with Gasteiger partial charge in [-0.25, -0.2) is 4.39 Å². The van der Waals surface area contributed by atoms with Gasteiger partial charge in [0.2, 0.25) is 0 Å². The molecule has 0 spiro atoms. The maximum atomic E-state index is 13.5. The zero-order valence-corrected chi connectivity index (χ0v) is 16.6. The minimum Gasteiger partial charge on any atom is -0.507 e. The molecule has 1 aliphatic rings. The number of anilines is 1. The molecule has 0 radical (unpaired) electrons. The van der Waals surface area contributed by atoms with Crippen molar-refractivity contribution in [3.63, 3.8) is 0 Å². The smallest absolute Gasteiger partial charge is 0.300 e. The number of nitrogens with zero attached hydrogens (tertiary/aromatic N) is 1. The number of ketones is 1. The van der Waals surface area contributed by atoms with Crippen LogP contribution in [-0.2, 0) is 9.59 Å². The van der Waals surface area contributed by atoms with E-state index in [1.165, 1.54) is 29.2 Å². The lowest BCUT2D eigenvalue weighted by Crippen LogP contribution is -2.29. The minimum atomic E-state index is -0.878. The van der Waals surface area contributed by atoms with E-state index < -0.39 is 23.5 Å². The largest absolute Gasteiger partial charge is 0.507 e. The van der Waals surface area contributed by atoms with Crippen LogP contribution >= 0.6 is 15.9 Å². The number of hydrogen-bond acceptors (Lipinski definition) is 3. The summed E-state index contributed by atoms with van der Waals surface area (Å²) >= 11 is 3.35. The fourth-order valence-corrected chi connectivity index (χ4v) is 3.68. The van der Waals surface area contributed by atoms with E-state index in [4.69, 9.17) is 0 Å². The van der Waals surface area contributed by atoms with Gasteiger partial charge in [0.1, 0.15) is 11.6 Å². The molecule has 0 saturated carbocycles. The zero-order chi connectivity index (χ0) is 20.5. The molecular formula is C23H15BrFNO3. The standard InChI is InChI=1S/C23H15BrFNO3/c24-16-8-12-18(13-9-16)26-20(14-6-10-17(25)11-7-14)19(22(28)23(26)29)21(27)15-4-2-1-3-5-15/h1-13,20,27H. The molecule has 1 unspecified atom stereocenters. The number of rotatable bonds is 3. The van der Waals surface area contributed by atoms with Gasteiger partial charge in [-0.1, -0.05) is 58.4 Å². The van der Waals surface area contributed by atoms with E-state index in [1.807, 2.05) is 0 Å². The average Bonchev–Trinajstić information content (AvgIpc) is 3.00. The van der Waals surface area contributed by atoms with Crippen LogP contribution in [0.3, 0.4) is 0 Å². The summed E-state index contributed by atoms with van der Waals surface area (Å²) in [6.07, 6.45) is 0. The summed E-state index contributed by atoms with van der Waals surface area (Å²) in [6.45, 7) is 0. The highest BCUT2D eigenvalue weighted by Gasteiger charge is 2.46. The molecule has 1 aliphatic heterocycles. The van der Waals surface area contributed by atoms with Crippen molar-refractivity contribution >= 4 is 39.1 Å². The molecule has 1 N–H and O–H groups in total. The Kier molecular flexibility index (Phi) is 5.03. The lowest BCUT2D eigenvalue weighted by atomic mass is 9.95. The van der Waals surface area contributed by atoms with E-state index in [0.717, 1.165) is 4.47 Å². The fraction of sp³-hybridized carbons (Fsp3) is 0.0435. The first-order chi connectivity index (χ1) is 14.0. The normalized spacial score (nSPS) is 18.3. The lowest BCUT2D eigenvalue weighted by molar-refractivity contribution is -0.132. The van der Waals surface area contributed by atoms with Crippen LogP contribution in [-0.4, -0.2) is 16.8 Å². The molecule has 4 nitrogen and oxygen atoms in total. The molecule has 1 heterocycles. The van der Waals surface area contributed by atoms with Crippen LogP contribution < -0.4 is 4.90 Å². The Morgan fingerprint density at radius 2 is 1.52 bits per heavy atom. The second-order valence-corrected chi connectivity index (χ2v) is 7.48. The Labute approximate surface area is 175 Å². The number of carbonyl (C=O) groups is 2. The first-order valence-corrected chi connectivity index (χ1v) is 9.64. The number of carbonyl (C=O) groups excluding carboxylic acids is 2. The molecule has 3 aromatic rings. The summed E-state index contributed by atoms with van der Waals surface area (Å²) in [4.78, 5) is 27.2. The second-order valence-electron chi connectivity index (χ2n) is 6.56. The fourth-order valence-electron chi connectivity index (χ4n) is 3.41. The summed E-state index contributed by atoms with van der Waals surface area (Å²) in [5.41, 5.74) is 1.41. The van der Waals surface area contributed by atoms with Gasteiger partial charge < -0.3 is 5.11 Å². The number of hydrogen-bond donors (Lipinski definition) is 1. The first-order valence-electron chi connectivity index (χ1n) is 8.85. The van der Waals surface area contributed by atoms with E-state index in [2.05, 4.69) is 15.9 Å². The third-order valence-electron chi connectivity index (χ3n) is 4.78. The summed E-state index contributed by atoms with van der Waals surface area (Å²) in [6, 6.07) is 20.1. The molecule has 0 aromatic heterocycles. The third-order valence-corrected chi connectivity index (χ3v) is 5.31. The van der Waals surface area contributed by atoms with Gasteiger partial charge >= 0.3 is 0 Å². The predicted molar refractivity (Wildman–Crippen MR) is 112 cm³/mol. The van der Waals surface area contributed by atoms with E-state index >= 15 is 0 Å². The number of halogens is 2. The SMILES string of the molecule is O=C1C(=O)N(c2ccc(Br)cc2)C(c2ccc(F)cc2)C1=C(O)c1ccccc1. The summed E-state index contributed by atoms with van der Waals surface area (Å²) in [5.74, 6) is -2.24. The van der Waals surface area contributed by atoms with Gasteiger partial charge in [-0.15, -0.1) is 0 Å². The van der Waals surface area contributed by atoms with Crippen LogP contribution in [0.4, 0.5) is 10.1 Å². The molecule has 3 aromatic carbocycles. The van der Waals surface area contributed by atoms with Crippen molar-refractivity contribution in [3.8, 4) is 0 Å². The Balaban J connectivity index is 1.94. The lowest BCUT2D eigenvalue weighted by Gasteiger charge is -2.25. The second kappa shape index (κ2) is 7.64. The monoisotopic (exact) mass is 451 g/mol. The van der Waals surface area contributed by atoms with Gasteiger partial charge in [0.15, 0.2) is 0 Å². The van der Waals surface area contributed by atoms with E-state index in [1.54, 1.807) is 54.6 Å². The summed E-state index contributed by atoms with van der Waals surface area (Å²) in [7, 11) is 0. The molecule has 1 amide bonds. The highest BCUT2D eigenvalue weighted by Crippen LogP contribution is 2.42. The van der Waals surface area contributed by atoms with Crippen molar-refractivity contribution in [3.05, 3.63) is 106 Å². The summed E-state index contributed by atoms with van der Waals surface area (Å²) in [5, 5.41) is 10.9. The van der Waals surface area contributed by atoms with Crippen LogP contribution in [0.15, 0.2) is 88.9 Å². The Hall–Kier alpha value is -3.25. The van der Waals surface area contributed by atoms with Crippen LogP contribution in [0.5, 0.6) is 0 Å². The molecule has 0 aliphatic carbocycles. The van der Waals surface area contributed by atoms with Crippen molar-refractivity contribution in [2.24, 2.45) is 0 Å². The molecule has 4 rings (SSSR count). The van der Waals surface area contributed by atoms with Crippen LogP contribution in [0.1, 0.15) is 17.2 Å². The third kappa shape index (κ3) is 3.47. The van der Waals surface area contributed by atoms with Crippen molar-refractivity contribution in [1.82, 2.24) is 0 Å². The molecular weight excluding hydrogens is 437 g/mol. The van der Waals surface area contributed by atoms with Crippen molar-refractivity contribution in [2.75, 3.05) is 4.90 Å². The number of aliphatic hydroxyl groups is 1. The van der Waals surface area contributed by atoms with Crippen LogP contribution in [0.2, 0.25) is 0 Å². The molecule has 0 bridgehead atoms. The molecule has 1 atom stereocenters. The van der Waals surface area contributed by atoms with Crippen molar-refractivity contribution < 1.29 is 19.1 Å². The van der Waals surface area contributed by atoms with Gasteiger partial charge in [0.05, 0.1) is 11.6 Å². The maximum Gasteiger partial charge on any atom is 0.300 e. The highest BCUT2D eigenvalue weighted by atomic mass is 79.9. The average molecular weight is 452 g/mol. The van der Waals surface area contributed by atoms with Crippen LogP contribution in [0, 0.1) is 5.82 Å². The van der Waals surface area contributed by atoms with Crippen LogP contribution in [0.25, 0.3) is 5.76 Å². The van der Waals surface area contributed by atoms with E-state index in [0.29, 0.717) is 16.8 Å². The molecule has 6 heteroatoms. The summed E-state index contributed by atoms with van der Waals surface area (Å²) < 4.78 is 14.3. The van der Waals surface area contributed by atoms with Gasteiger partial charge in [-0.3, -0.25) is 14.5 Å². The van der Waals surface area contributed by atoms with E-state index in [9.17, 15) is 19.1 Å². The maximum absolute atomic E-state index is 13.5. The number of Topliss-reactive ketones (excluding diaryl/α,β-unsaturated/α-hetero) is 1. The number of aliphatic hydroxyl groups excluding tert-OH is 1. The number of amides is 1. The highest BCUT2D eigenvalue weighted by molar-refractivity contribution is 9.10. The minimum absolute atomic E-state index is 0.0317. The van der Waals surface area contributed by atoms with Crippen molar-refractivity contribution in [2.45, 2.75) is 6.04 Å². The number of benzene rings is 3. The Morgan fingerprint density at radius 1 is 0.897 bits per heavy atom. The quantitative estimate of drug-likeness (QED) is 0.337. The van der Waals surface area contributed by atoms with Crippen molar-refractivity contribution in [1.29, 1.82) is 0 Å². The first kappa shape index (κ1) is 19.1. The molecule has 1 fully saturated rings. The molecule has 144 valence electrons. The molecule has 29 heavy (non-hydrogen) atoms. The Bertz CT molecular complexity index is 1110. The molecule has 1 saturated heterocycles. The predicted octanol–water partition coefficient (Wildman–Crippen LogP) is 5.21. The topological polar surface area (TPSA) is 57.6 Å². The van der Waals surface area contributed by atoms with Gasteiger partial charge in [0.25, 0.3) is 11.7 Å². The van der Waals surface area contributed by atoms with Gasteiger partial charge in [-0.2, -0.15) is 0 Å².